The van der Waals surface area contributed by atoms with Gasteiger partial charge in [-0.15, -0.1) is 0 Å². The van der Waals surface area contributed by atoms with Gasteiger partial charge in [-0.3, -0.25) is 4.79 Å². The molecule has 2 aromatic rings. The minimum Gasteiger partial charge on any atom is -0.294 e. The number of halogens is 3. The van der Waals surface area contributed by atoms with Gasteiger partial charge in [0.15, 0.2) is 5.78 Å². The number of alkyl halides is 3. The summed E-state index contributed by atoms with van der Waals surface area (Å²) >= 11 is 0. The van der Waals surface area contributed by atoms with E-state index in [1.54, 1.807) is 12.1 Å². The zero-order valence-corrected chi connectivity index (χ0v) is 15.9. The second kappa shape index (κ2) is 7.33. The highest BCUT2D eigenvalue weighted by Crippen LogP contribution is 2.43. The van der Waals surface area contributed by atoms with E-state index in [2.05, 4.69) is 0 Å². The van der Waals surface area contributed by atoms with Crippen LogP contribution in [0.1, 0.15) is 18.1 Å². The van der Waals surface area contributed by atoms with Crippen molar-refractivity contribution in [3.8, 4) is 6.07 Å². The Labute approximate surface area is 165 Å². The number of rotatable bonds is 3. The molecule has 0 saturated carbocycles. The maximum Gasteiger partial charge on any atom is 0.402 e. The molecule has 1 atom stereocenters. The number of allylic oxidation sites excluding steroid dienone is 4. The molecule has 3 rings (SSSR count). The van der Waals surface area contributed by atoms with Gasteiger partial charge in [-0.05, 0) is 54.0 Å². The maximum atomic E-state index is 13.7. The number of carbonyl (C=O) groups excluding carboxylic acids is 1. The Balaban J connectivity index is 2.33. The molecule has 1 aliphatic carbocycles. The Morgan fingerprint density at radius 1 is 1.03 bits per heavy atom. The number of nitriles is 1. The van der Waals surface area contributed by atoms with Gasteiger partial charge in [0.05, 0.1) is 21.4 Å². The van der Waals surface area contributed by atoms with Crippen LogP contribution in [0, 0.1) is 17.2 Å². The first kappa shape index (κ1) is 20.6. The van der Waals surface area contributed by atoms with Gasteiger partial charge in [0.25, 0.3) is 0 Å². The zero-order valence-electron chi connectivity index (χ0n) is 15.1. The summed E-state index contributed by atoms with van der Waals surface area (Å²) < 4.78 is 67.3. The molecule has 0 spiro atoms. The van der Waals surface area contributed by atoms with Gasteiger partial charge in [0.1, 0.15) is 5.92 Å². The Kier molecular flexibility index (Phi) is 5.20. The van der Waals surface area contributed by atoms with Crippen LogP contribution in [0.2, 0.25) is 0 Å². The van der Waals surface area contributed by atoms with Crippen molar-refractivity contribution in [1.29, 1.82) is 5.26 Å². The van der Waals surface area contributed by atoms with Gasteiger partial charge >= 0.3 is 6.18 Å². The Morgan fingerprint density at radius 2 is 1.69 bits per heavy atom. The van der Waals surface area contributed by atoms with Crippen molar-refractivity contribution in [3.05, 3.63) is 77.4 Å². The molecular formula is C21H14F3NO3S. The summed E-state index contributed by atoms with van der Waals surface area (Å²) in [5.41, 5.74) is -0.461. The fraction of sp³-hybridized carbons (Fsp3) is 0.143. The summed E-state index contributed by atoms with van der Waals surface area (Å²) in [6.45, 7) is 1.46. The van der Waals surface area contributed by atoms with Crippen LogP contribution in [0.15, 0.2) is 76.0 Å². The molecule has 1 unspecified atom stereocenters. The number of ketones is 1. The van der Waals surface area contributed by atoms with Crippen molar-refractivity contribution in [2.24, 2.45) is 5.92 Å². The SMILES string of the molecule is CC1=CC(=O)C(C(F)(F)F)C(c2ccc(C#N)cc2S(=O)(=O)c2ccccc2)=C1. The first-order valence-electron chi connectivity index (χ1n) is 8.41. The molecule has 0 aliphatic heterocycles. The molecule has 2 aromatic carbocycles. The predicted octanol–water partition coefficient (Wildman–Crippen LogP) is 4.48. The molecule has 1 aliphatic rings. The van der Waals surface area contributed by atoms with E-state index in [-0.39, 0.29) is 21.6 Å². The molecule has 0 N–H and O–H groups in total. The molecule has 148 valence electrons. The fourth-order valence-corrected chi connectivity index (χ4v) is 4.71. The molecule has 0 saturated heterocycles. The topological polar surface area (TPSA) is 75.0 Å². The molecule has 0 bridgehead atoms. The average Bonchev–Trinajstić information content (AvgIpc) is 2.66. The van der Waals surface area contributed by atoms with Crippen molar-refractivity contribution in [2.45, 2.75) is 22.9 Å². The maximum absolute atomic E-state index is 13.7. The quantitative estimate of drug-likeness (QED) is 0.738. The van der Waals surface area contributed by atoms with Crippen LogP contribution in [0.3, 0.4) is 0 Å². The second-order valence-corrected chi connectivity index (χ2v) is 8.42. The Bertz CT molecular complexity index is 1190. The van der Waals surface area contributed by atoms with E-state index < -0.39 is 38.2 Å². The summed E-state index contributed by atoms with van der Waals surface area (Å²) in [7, 11) is -4.25. The molecule has 29 heavy (non-hydrogen) atoms. The third-order valence-corrected chi connectivity index (χ3v) is 6.25. The van der Waals surface area contributed by atoms with E-state index in [0.29, 0.717) is 0 Å². The first-order valence-corrected chi connectivity index (χ1v) is 9.89. The van der Waals surface area contributed by atoms with Gasteiger partial charge in [-0.1, -0.05) is 30.3 Å². The number of nitrogens with zero attached hydrogens (tertiary/aromatic N) is 1. The van der Waals surface area contributed by atoms with Gasteiger partial charge in [-0.25, -0.2) is 8.42 Å². The van der Waals surface area contributed by atoms with Crippen LogP contribution in [0.25, 0.3) is 5.57 Å². The smallest absolute Gasteiger partial charge is 0.294 e. The van der Waals surface area contributed by atoms with Gasteiger partial charge in [0.2, 0.25) is 9.84 Å². The van der Waals surface area contributed by atoms with E-state index in [4.69, 9.17) is 5.26 Å². The number of hydrogen-bond acceptors (Lipinski definition) is 4. The zero-order chi connectivity index (χ0) is 21.4. The van der Waals surface area contributed by atoms with E-state index in [9.17, 15) is 26.4 Å². The lowest BCUT2D eigenvalue weighted by atomic mass is 9.83. The highest BCUT2D eigenvalue weighted by molar-refractivity contribution is 7.91. The van der Waals surface area contributed by atoms with Crippen LogP contribution in [-0.2, 0) is 14.6 Å². The fourth-order valence-electron chi connectivity index (χ4n) is 3.18. The molecule has 0 heterocycles. The van der Waals surface area contributed by atoms with Crippen LogP contribution in [0.4, 0.5) is 13.2 Å². The van der Waals surface area contributed by atoms with Crippen LogP contribution >= 0.6 is 0 Å². The third kappa shape index (κ3) is 3.87. The minimum absolute atomic E-state index is 0.0261. The van der Waals surface area contributed by atoms with E-state index >= 15 is 0 Å². The largest absolute Gasteiger partial charge is 0.402 e. The Morgan fingerprint density at radius 3 is 2.28 bits per heavy atom. The average molecular weight is 417 g/mol. The number of carbonyl (C=O) groups is 1. The van der Waals surface area contributed by atoms with Crippen molar-refractivity contribution in [3.63, 3.8) is 0 Å². The lowest BCUT2D eigenvalue weighted by Crippen LogP contribution is -2.33. The van der Waals surface area contributed by atoms with Gasteiger partial charge in [0, 0.05) is 0 Å². The van der Waals surface area contributed by atoms with Crippen molar-refractivity contribution in [1.82, 2.24) is 0 Å². The lowest BCUT2D eigenvalue weighted by molar-refractivity contribution is -0.166. The molecule has 4 nitrogen and oxygen atoms in total. The highest BCUT2D eigenvalue weighted by atomic mass is 32.2. The first-order chi connectivity index (χ1) is 13.6. The van der Waals surface area contributed by atoms with E-state index in [1.807, 2.05) is 0 Å². The summed E-state index contributed by atoms with van der Waals surface area (Å²) in [5.74, 6) is -3.65. The van der Waals surface area contributed by atoms with Gasteiger partial charge < -0.3 is 0 Å². The van der Waals surface area contributed by atoms with E-state index in [1.165, 1.54) is 37.3 Å². The summed E-state index contributed by atoms with van der Waals surface area (Å²) in [4.78, 5) is 11.6. The second-order valence-electron chi connectivity index (χ2n) is 6.50. The summed E-state index contributed by atoms with van der Waals surface area (Å²) in [6, 6.07) is 12.4. The Hall–Kier alpha value is -3.18. The van der Waals surface area contributed by atoms with Crippen LogP contribution in [-0.4, -0.2) is 20.4 Å². The number of sulfone groups is 1. The number of benzene rings is 2. The molecule has 8 heteroatoms. The monoisotopic (exact) mass is 417 g/mol. The predicted molar refractivity (Wildman–Crippen MR) is 99.3 cm³/mol. The molecule has 0 amide bonds. The third-order valence-electron chi connectivity index (χ3n) is 4.44. The standard InChI is InChI=1S/C21H14F3NO3S/c1-13-9-17(20(18(26)10-13)21(22,23)24)16-8-7-14(12-25)11-19(16)29(27,28)15-5-3-2-4-6-15/h2-11,20H,1H3. The molecule has 0 aromatic heterocycles. The minimum atomic E-state index is -4.90. The van der Waals surface area contributed by atoms with E-state index in [0.717, 1.165) is 24.3 Å². The van der Waals surface area contributed by atoms with Crippen LogP contribution in [0.5, 0.6) is 0 Å². The van der Waals surface area contributed by atoms with Gasteiger partial charge in [-0.2, -0.15) is 18.4 Å². The van der Waals surface area contributed by atoms with Crippen molar-refractivity contribution < 1.29 is 26.4 Å². The van der Waals surface area contributed by atoms with Crippen molar-refractivity contribution >= 4 is 21.2 Å². The summed E-state index contributed by atoms with van der Waals surface area (Å²) in [5, 5.41) is 9.16. The van der Waals surface area contributed by atoms with Crippen molar-refractivity contribution in [2.75, 3.05) is 0 Å². The molecule has 0 radical (unpaired) electrons. The normalized spacial score (nSPS) is 17.3. The lowest BCUT2D eigenvalue weighted by Gasteiger charge is -2.26. The summed E-state index contributed by atoms with van der Waals surface area (Å²) in [6.07, 6.45) is -2.86. The highest BCUT2D eigenvalue weighted by Gasteiger charge is 2.48. The molecular weight excluding hydrogens is 403 g/mol. The number of hydrogen-bond donors (Lipinski definition) is 0. The van der Waals surface area contributed by atoms with Crippen LogP contribution < -0.4 is 0 Å². The molecule has 0 fully saturated rings.